The highest BCUT2D eigenvalue weighted by Gasteiger charge is 2.53. The first kappa shape index (κ1) is 12.0. The molecular formula is C11H15NO5. The van der Waals surface area contributed by atoms with Crippen molar-refractivity contribution < 1.29 is 24.2 Å². The molecule has 1 saturated carbocycles. The summed E-state index contributed by atoms with van der Waals surface area (Å²) in [6, 6.07) is -1.19. The fourth-order valence-corrected chi connectivity index (χ4v) is 2.74. The Hall–Kier alpha value is -1.43. The third-order valence-corrected chi connectivity index (χ3v) is 3.55. The Morgan fingerprint density at radius 3 is 2.35 bits per heavy atom. The van der Waals surface area contributed by atoms with Gasteiger partial charge in [-0.2, -0.15) is 0 Å². The summed E-state index contributed by atoms with van der Waals surface area (Å²) in [5.41, 5.74) is 0. The molecule has 2 rings (SSSR count). The van der Waals surface area contributed by atoms with Gasteiger partial charge in [-0.3, -0.25) is 14.5 Å². The van der Waals surface area contributed by atoms with Crippen LogP contribution in [-0.2, 0) is 19.1 Å². The van der Waals surface area contributed by atoms with E-state index in [-0.39, 0.29) is 30.3 Å². The number of methoxy groups -OCH3 is 1. The molecule has 1 saturated heterocycles. The Bertz CT molecular complexity index is 345. The van der Waals surface area contributed by atoms with E-state index in [2.05, 4.69) is 0 Å². The van der Waals surface area contributed by atoms with Gasteiger partial charge in [-0.25, -0.2) is 4.79 Å². The molecule has 2 amide bonds. The molecule has 1 aliphatic heterocycles. The number of imide groups is 1. The standard InChI is InChI=1S/C11H15NO5/c1-17-5-8(11(15)16)12-9(13)6-3-2-4-7(6)10(12)14/h6-8H,2-5H2,1H3,(H,15,16). The predicted octanol–water partition coefficient (Wildman–Crippen LogP) is -0.129. The van der Waals surface area contributed by atoms with E-state index >= 15 is 0 Å². The summed E-state index contributed by atoms with van der Waals surface area (Å²) in [6.45, 7) is -0.160. The predicted molar refractivity (Wildman–Crippen MR) is 56.0 cm³/mol. The van der Waals surface area contributed by atoms with E-state index in [1.807, 2.05) is 0 Å². The molecule has 17 heavy (non-hydrogen) atoms. The highest BCUT2D eigenvalue weighted by atomic mass is 16.5. The van der Waals surface area contributed by atoms with E-state index in [0.29, 0.717) is 12.8 Å². The molecule has 1 aliphatic carbocycles. The molecule has 3 atom stereocenters. The number of hydrogen-bond donors (Lipinski definition) is 1. The van der Waals surface area contributed by atoms with Crippen LogP contribution in [-0.4, -0.2) is 47.5 Å². The van der Waals surface area contributed by atoms with E-state index in [1.165, 1.54) is 7.11 Å². The van der Waals surface area contributed by atoms with Crippen molar-refractivity contribution in [1.82, 2.24) is 4.90 Å². The largest absolute Gasteiger partial charge is 0.480 e. The molecule has 94 valence electrons. The van der Waals surface area contributed by atoms with Gasteiger partial charge in [0, 0.05) is 7.11 Å². The van der Waals surface area contributed by atoms with Crippen molar-refractivity contribution in [2.24, 2.45) is 11.8 Å². The lowest BCUT2D eigenvalue weighted by atomic mass is 10.00. The Morgan fingerprint density at radius 1 is 1.41 bits per heavy atom. The van der Waals surface area contributed by atoms with Crippen molar-refractivity contribution in [2.45, 2.75) is 25.3 Å². The Kier molecular flexibility index (Phi) is 3.15. The van der Waals surface area contributed by atoms with Crippen LogP contribution in [0.4, 0.5) is 0 Å². The smallest absolute Gasteiger partial charge is 0.329 e. The fourth-order valence-electron chi connectivity index (χ4n) is 2.74. The second kappa shape index (κ2) is 4.44. The van der Waals surface area contributed by atoms with Gasteiger partial charge in [0.1, 0.15) is 0 Å². The molecular weight excluding hydrogens is 226 g/mol. The van der Waals surface area contributed by atoms with E-state index in [4.69, 9.17) is 9.84 Å². The molecule has 1 heterocycles. The van der Waals surface area contributed by atoms with Gasteiger partial charge in [0.05, 0.1) is 18.4 Å². The molecule has 0 bridgehead atoms. The van der Waals surface area contributed by atoms with Crippen molar-refractivity contribution in [3.63, 3.8) is 0 Å². The molecule has 0 aromatic carbocycles. The SMILES string of the molecule is COCC(C(=O)O)N1C(=O)C2CCCC2C1=O. The van der Waals surface area contributed by atoms with Crippen molar-refractivity contribution in [1.29, 1.82) is 0 Å². The molecule has 2 fully saturated rings. The van der Waals surface area contributed by atoms with Crippen molar-refractivity contribution in [2.75, 3.05) is 13.7 Å². The third-order valence-electron chi connectivity index (χ3n) is 3.55. The molecule has 0 aromatic rings. The fraction of sp³-hybridized carbons (Fsp3) is 0.727. The maximum Gasteiger partial charge on any atom is 0.329 e. The van der Waals surface area contributed by atoms with Crippen LogP contribution >= 0.6 is 0 Å². The maximum atomic E-state index is 12.0. The van der Waals surface area contributed by atoms with E-state index in [9.17, 15) is 14.4 Å². The van der Waals surface area contributed by atoms with Gasteiger partial charge in [0.15, 0.2) is 6.04 Å². The molecule has 0 aromatic heterocycles. The summed E-state index contributed by atoms with van der Waals surface area (Å²) >= 11 is 0. The number of hydrogen-bond acceptors (Lipinski definition) is 4. The van der Waals surface area contributed by atoms with Gasteiger partial charge in [0.25, 0.3) is 0 Å². The number of likely N-dealkylation sites (tertiary alicyclic amines) is 1. The number of carboxylic acids is 1. The highest BCUT2D eigenvalue weighted by molar-refractivity contribution is 6.08. The zero-order valence-corrected chi connectivity index (χ0v) is 9.59. The van der Waals surface area contributed by atoms with Crippen LogP contribution in [0.2, 0.25) is 0 Å². The topological polar surface area (TPSA) is 83.9 Å². The zero-order chi connectivity index (χ0) is 12.6. The highest BCUT2D eigenvalue weighted by Crippen LogP contribution is 2.40. The average molecular weight is 241 g/mol. The molecule has 3 unspecified atom stereocenters. The van der Waals surface area contributed by atoms with E-state index in [0.717, 1.165) is 11.3 Å². The summed E-state index contributed by atoms with van der Waals surface area (Å²) < 4.78 is 4.77. The third kappa shape index (κ3) is 1.82. The number of ether oxygens (including phenoxy) is 1. The summed E-state index contributed by atoms with van der Waals surface area (Å²) in [4.78, 5) is 36.0. The lowest BCUT2D eigenvalue weighted by Gasteiger charge is -2.22. The number of fused-ring (bicyclic) bond motifs is 1. The lowest BCUT2D eigenvalue weighted by molar-refractivity contribution is -0.157. The number of carbonyl (C=O) groups is 3. The van der Waals surface area contributed by atoms with Crippen molar-refractivity contribution in [3.8, 4) is 0 Å². The van der Waals surface area contributed by atoms with Crippen LogP contribution in [0.25, 0.3) is 0 Å². The number of rotatable bonds is 4. The van der Waals surface area contributed by atoms with Gasteiger partial charge in [0.2, 0.25) is 11.8 Å². The monoisotopic (exact) mass is 241 g/mol. The molecule has 0 spiro atoms. The lowest BCUT2D eigenvalue weighted by Crippen LogP contribution is -2.48. The summed E-state index contributed by atoms with van der Waals surface area (Å²) in [5, 5.41) is 9.04. The van der Waals surface area contributed by atoms with Crippen LogP contribution in [0.3, 0.4) is 0 Å². The van der Waals surface area contributed by atoms with Crippen molar-refractivity contribution >= 4 is 17.8 Å². The minimum absolute atomic E-state index is 0.160. The average Bonchev–Trinajstić information content (AvgIpc) is 2.82. The second-order valence-electron chi connectivity index (χ2n) is 4.50. The van der Waals surface area contributed by atoms with Gasteiger partial charge in [-0.15, -0.1) is 0 Å². The Balaban J connectivity index is 2.23. The van der Waals surface area contributed by atoms with E-state index < -0.39 is 12.0 Å². The molecule has 2 aliphatic rings. The van der Waals surface area contributed by atoms with Crippen LogP contribution in [0, 0.1) is 11.8 Å². The first-order valence-electron chi connectivity index (χ1n) is 5.66. The Morgan fingerprint density at radius 2 is 1.94 bits per heavy atom. The van der Waals surface area contributed by atoms with E-state index in [1.54, 1.807) is 0 Å². The van der Waals surface area contributed by atoms with Gasteiger partial charge < -0.3 is 9.84 Å². The molecule has 6 heteroatoms. The quantitative estimate of drug-likeness (QED) is 0.693. The summed E-state index contributed by atoms with van der Waals surface area (Å²) in [5.74, 6) is -2.50. The number of aliphatic carboxylic acids is 1. The second-order valence-corrected chi connectivity index (χ2v) is 4.50. The normalized spacial score (nSPS) is 29.6. The van der Waals surface area contributed by atoms with Gasteiger partial charge in [-0.1, -0.05) is 6.42 Å². The number of nitrogens with zero attached hydrogens (tertiary/aromatic N) is 1. The van der Waals surface area contributed by atoms with Crippen LogP contribution in [0.5, 0.6) is 0 Å². The number of carboxylic acid groups (broad SMARTS) is 1. The van der Waals surface area contributed by atoms with Crippen LogP contribution in [0.1, 0.15) is 19.3 Å². The summed E-state index contributed by atoms with van der Waals surface area (Å²) in [6.07, 6.45) is 2.23. The molecule has 1 N–H and O–H groups in total. The molecule has 6 nitrogen and oxygen atoms in total. The Labute approximate surface area is 98.5 Å². The minimum atomic E-state index is -1.20. The van der Waals surface area contributed by atoms with Crippen molar-refractivity contribution in [3.05, 3.63) is 0 Å². The van der Waals surface area contributed by atoms with Gasteiger partial charge in [-0.05, 0) is 12.8 Å². The maximum absolute atomic E-state index is 12.0. The molecule has 0 radical (unpaired) electrons. The zero-order valence-electron chi connectivity index (χ0n) is 9.59. The van der Waals surface area contributed by atoms with Gasteiger partial charge >= 0.3 is 5.97 Å². The summed E-state index contributed by atoms with van der Waals surface area (Å²) in [7, 11) is 1.35. The first-order valence-corrected chi connectivity index (χ1v) is 5.66. The number of carbonyl (C=O) groups excluding carboxylic acids is 2. The van der Waals surface area contributed by atoms with Crippen LogP contribution in [0.15, 0.2) is 0 Å². The first-order chi connectivity index (χ1) is 8.07. The number of amides is 2. The minimum Gasteiger partial charge on any atom is -0.480 e. The van der Waals surface area contributed by atoms with Crippen LogP contribution < -0.4 is 0 Å².